The molecule has 7 heteroatoms. The molecule has 0 unspecified atom stereocenters. The van der Waals surface area contributed by atoms with Gasteiger partial charge in [0.15, 0.2) is 0 Å². The Morgan fingerprint density at radius 3 is 1.26 bits per heavy atom. The van der Waals surface area contributed by atoms with E-state index in [4.69, 9.17) is 0 Å². The Bertz CT molecular complexity index is 339. The summed E-state index contributed by atoms with van der Waals surface area (Å²) in [6, 6.07) is -1.35. The second kappa shape index (κ2) is 5.68. The topological polar surface area (TPSA) is 133 Å². The van der Waals surface area contributed by atoms with Gasteiger partial charge in [0.25, 0.3) is 0 Å². The van der Waals surface area contributed by atoms with Crippen molar-refractivity contribution in [2.75, 3.05) is 0 Å². The van der Waals surface area contributed by atoms with Crippen LogP contribution in [0.1, 0.15) is 0 Å². The minimum atomic E-state index is -1.32. The number of hydrogen-bond donors (Lipinski definition) is 7. The van der Waals surface area contributed by atoms with Gasteiger partial charge in [-0.25, -0.2) is 0 Å². The molecule has 0 fully saturated rings. The summed E-state index contributed by atoms with van der Waals surface area (Å²) in [5, 5.41) is 60.2. The standard InChI is InChI=1S/C12H19NO6/c14-7-3-1-5(9(16)11(7)18)13-6-2-4-8(15)12(19)10(6)17/h1-19H/t5-,6-,7+,8+,9+,10+,11+,12+/m0/s1. The molecule has 0 aromatic carbocycles. The zero-order valence-corrected chi connectivity index (χ0v) is 10.1. The molecule has 2 aliphatic carbocycles. The quantitative estimate of drug-likeness (QED) is 0.261. The summed E-state index contributed by atoms with van der Waals surface area (Å²) in [5.74, 6) is 0. The van der Waals surface area contributed by atoms with Crippen molar-refractivity contribution in [2.24, 2.45) is 0 Å². The largest absolute Gasteiger partial charge is 0.388 e. The van der Waals surface area contributed by atoms with Crippen LogP contribution >= 0.6 is 0 Å². The average Bonchev–Trinajstić information content (AvgIpc) is 2.39. The van der Waals surface area contributed by atoms with Crippen molar-refractivity contribution in [3.63, 3.8) is 0 Å². The Morgan fingerprint density at radius 2 is 0.895 bits per heavy atom. The van der Waals surface area contributed by atoms with Crippen LogP contribution in [-0.2, 0) is 0 Å². The van der Waals surface area contributed by atoms with E-state index in [1.165, 1.54) is 24.3 Å². The molecule has 7 nitrogen and oxygen atoms in total. The SMILES string of the molecule is O[C@H]1[C@H](O)[C@@H](N[C@H]2C=C[C@@H](O)[C@@H](O)[C@@H]2O)C=C[C@H]1O. The molecular weight excluding hydrogens is 254 g/mol. The first-order chi connectivity index (χ1) is 8.91. The maximum absolute atomic E-state index is 9.80. The normalized spacial score (nSPS) is 50.4. The van der Waals surface area contributed by atoms with Crippen molar-refractivity contribution >= 4 is 0 Å². The molecule has 2 aliphatic rings. The van der Waals surface area contributed by atoms with Gasteiger partial charge in [-0.05, 0) is 0 Å². The lowest BCUT2D eigenvalue weighted by atomic mass is 9.90. The lowest BCUT2D eigenvalue weighted by molar-refractivity contribution is -0.0733. The van der Waals surface area contributed by atoms with Crippen LogP contribution in [0.4, 0.5) is 0 Å². The zero-order chi connectivity index (χ0) is 14.2. The van der Waals surface area contributed by atoms with Crippen molar-refractivity contribution in [3.05, 3.63) is 24.3 Å². The molecule has 0 aliphatic heterocycles. The van der Waals surface area contributed by atoms with E-state index >= 15 is 0 Å². The molecule has 19 heavy (non-hydrogen) atoms. The van der Waals surface area contributed by atoms with Crippen LogP contribution in [0.15, 0.2) is 24.3 Å². The molecule has 0 spiro atoms. The molecule has 0 heterocycles. The Kier molecular flexibility index (Phi) is 4.36. The summed E-state index contributed by atoms with van der Waals surface area (Å²) in [6.07, 6.45) is -1.70. The van der Waals surface area contributed by atoms with E-state index < -0.39 is 48.7 Å². The number of aliphatic hydroxyl groups is 6. The van der Waals surface area contributed by atoms with Gasteiger partial charge in [0.2, 0.25) is 0 Å². The molecule has 0 saturated heterocycles. The molecule has 0 saturated carbocycles. The van der Waals surface area contributed by atoms with E-state index in [0.717, 1.165) is 0 Å². The highest BCUT2D eigenvalue weighted by Crippen LogP contribution is 2.18. The maximum atomic E-state index is 9.80. The fourth-order valence-corrected chi connectivity index (χ4v) is 2.28. The van der Waals surface area contributed by atoms with Crippen LogP contribution in [0.3, 0.4) is 0 Å². The molecule has 0 aromatic heterocycles. The number of hydrogen-bond acceptors (Lipinski definition) is 7. The summed E-state index contributed by atoms with van der Waals surface area (Å²) < 4.78 is 0. The molecule has 2 rings (SSSR count). The Morgan fingerprint density at radius 1 is 0.526 bits per heavy atom. The Labute approximate surface area is 110 Å². The van der Waals surface area contributed by atoms with E-state index in [1.807, 2.05) is 0 Å². The lowest BCUT2D eigenvalue weighted by Crippen LogP contribution is -2.59. The zero-order valence-electron chi connectivity index (χ0n) is 10.1. The summed E-state index contributed by atoms with van der Waals surface area (Å²) in [6.45, 7) is 0. The van der Waals surface area contributed by atoms with Crippen molar-refractivity contribution in [1.29, 1.82) is 0 Å². The molecule has 0 bridgehead atoms. The van der Waals surface area contributed by atoms with Crippen molar-refractivity contribution in [3.8, 4) is 0 Å². The van der Waals surface area contributed by atoms with Crippen molar-refractivity contribution in [1.82, 2.24) is 5.32 Å². The van der Waals surface area contributed by atoms with Gasteiger partial charge in [0.05, 0.1) is 12.1 Å². The monoisotopic (exact) mass is 273 g/mol. The highest BCUT2D eigenvalue weighted by molar-refractivity contribution is 5.16. The third-order valence-corrected chi connectivity index (χ3v) is 3.55. The summed E-state index contributed by atoms with van der Waals surface area (Å²) in [5.41, 5.74) is 0. The third kappa shape index (κ3) is 2.87. The molecule has 108 valence electrons. The molecule has 0 aromatic rings. The van der Waals surface area contributed by atoms with Crippen LogP contribution in [0.2, 0.25) is 0 Å². The van der Waals surface area contributed by atoms with E-state index in [1.54, 1.807) is 0 Å². The van der Waals surface area contributed by atoms with Gasteiger partial charge in [-0.1, -0.05) is 24.3 Å². The summed E-state index contributed by atoms with van der Waals surface area (Å²) >= 11 is 0. The predicted octanol–water partition coefficient (Wildman–Crippen LogP) is -3.38. The fourth-order valence-electron chi connectivity index (χ4n) is 2.28. The van der Waals surface area contributed by atoms with Gasteiger partial charge in [-0.15, -0.1) is 0 Å². The number of nitrogens with one attached hydrogen (secondary N) is 1. The third-order valence-electron chi connectivity index (χ3n) is 3.55. The molecular formula is C12H19NO6. The fraction of sp³-hybridized carbons (Fsp3) is 0.667. The van der Waals surface area contributed by atoms with E-state index in [9.17, 15) is 30.6 Å². The maximum Gasteiger partial charge on any atom is 0.111 e. The average molecular weight is 273 g/mol. The minimum absolute atomic E-state index is 0.676. The van der Waals surface area contributed by atoms with Crippen LogP contribution in [0.25, 0.3) is 0 Å². The van der Waals surface area contributed by atoms with Crippen LogP contribution in [-0.4, -0.2) is 79.3 Å². The van der Waals surface area contributed by atoms with Crippen LogP contribution in [0.5, 0.6) is 0 Å². The first-order valence-corrected chi connectivity index (χ1v) is 6.13. The van der Waals surface area contributed by atoms with Gasteiger partial charge in [-0.3, -0.25) is 5.32 Å². The van der Waals surface area contributed by atoms with Gasteiger partial charge in [-0.2, -0.15) is 0 Å². The van der Waals surface area contributed by atoms with E-state index in [2.05, 4.69) is 5.32 Å². The number of aliphatic hydroxyl groups excluding tert-OH is 6. The van der Waals surface area contributed by atoms with Crippen LogP contribution in [0, 0.1) is 0 Å². The predicted molar refractivity (Wildman–Crippen MR) is 65.0 cm³/mol. The van der Waals surface area contributed by atoms with E-state index in [-0.39, 0.29) is 0 Å². The van der Waals surface area contributed by atoms with Gasteiger partial charge < -0.3 is 30.6 Å². The van der Waals surface area contributed by atoms with Gasteiger partial charge >= 0.3 is 0 Å². The Balaban J connectivity index is 2.05. The van der Waals surface area contributed by atoms with Gasteiger partial charge in [0, 0.05) is 0 Å². The lowest BCUT2D eigenvalue weighted by Gasteiger charge is -2.37. The highest BCUT2D eigenvalue weighted by atomic mass is 16.4. The summed E-state index contributed by atoms with van der Waals surface area (Å²) in [4.78, 5) is 0. The van der Waals surface area contributed by atoms with Crippen LogP contribution < -0.4 is 5.32 Å². The second-order valence-electron chi connectivity index (χ2n) is 4.93. The smallest absolute Gasteiger partial charge is 0.111 e. The molecule has 0 amide bonds. The minimum Gasteiger partial charge on any atom is -0.388 e. The van der Waals surface area contributed by atoms with E-state index in [0.29, 0.717) is 0 Å². The number of rotatable bonds is 2. The first-order valence-electron chi connectivity index (χ1n) is 6.13. The van der Waals surface area contributed by atoms with Crippen molar-refractivity contribution < 1.29 is 30.6 Å². The molecule has 8 atom stereocenters. The molecule has 7 N–H and O–H groups in total. The first kappa shape index (κ1) is 14.6. The summed E-state index contributed by atoms with van der Waals surface area (Å²) in [7, 11) is 0. The molecule has 0 radical (unpaired) electrons. The Hall–Kier alpha value is -0.800. The van der Waals surface area contributed by atoms with Crippen molar-refractivity contribution in [2.45, 2.75) is 48.7 Å². The second-order valence-corrected chi connectivity index (χ2v) is 4.93. The van der Waals surface area contributed by atoms with Gasteiger partial charge in [0.1, 0.15) is 36.6 Å². The highest BCUT2D eigenvalue weighted by Gasteiger charge is 2.38.